The number of para-hydroxylation sites is 1. The van der Waals surface area contributed by atoms with Crippen molar-refractivity contribution in [2.45, 2.75) is 6.18 Å². The minimum absolute atomic E-state index is 0.132. The maximum atomic E-state index is 12.2. The lowest BCUT2D eigenvalue weighted by molar-refractivity contribution is -0.107. The standard InChI is InChI=1S/C14H11F3O3S/c15-14(16,17)10-21(18,19)20-13-9-5-4-8-12(13)11-6-2-1-3-7-11/h1-9H,10H2. The average Bonchev–Trinajstić information content (AvgIpc) is 2.37. The Balaban J connectivity index is 2.34. The van der Waals surface area contributed by atoms with E-state index in [0.29, 0.717) is 11.1 Å². The van der Waals surface area contributed by atoms with Crippen molar-refractivity contribution >= 4 is 10.1 Å². The van der Waals surface area contributed by atoms with E-state index in [2.05, 4.69) is 4.18 Å². The fourth-order valence-corrected chi connectivity index (χ4v) is 2.64. The van der Waals surface area contributed by atoms with Gasteiger partial charge in [0.15, 0.2) is 5.75 Å². The second-order valence-corrected chi connectivity index (χ2v) is 5.83. The highest BCUT2D eigenvalue weighted by Crippen LogP contribution is 2.31. The van der Waals surface area contributed by atoms with E-state index in [-0.39, 0.29) is 5.75 Å². The van der Waals surface area contributed by atoms with Crippen molar-refractivity contribution in [3.8, 4) is 16.9 Å². The first-order valence-electron chi connectivity index (χ1n) is 5.90. The zero-order valence-electron chi connectivity index (χ0n) is 10.7. The van der Waals surface area contributed by atoms with Crippen LogP contribution in [-0.2, 0) is 10.1 Å². The van der Waals surface area contributed by atoms with Crippen LogP contribution in [0.25, 0.3) is 11.1 Å². The number of halogens is 3. The fourth-order valence-electron chi connectivity index (χ4n) is 1.76. The predicted octanol–water partition coefficient (Wildman–Crippen LogP) is 3.62. The lowest BCUT2D eigenvalue weighted by Gasteiger charge is -2.12. The molecule has 7 heteroatoms. The van der Waals surface area contributed by atoms with Gasteiger partial charge in [-0.05, 0) is 11.6 Å². The normalized spacial score (nSPS) is 12.1. The number of benzene rings is 2. The highest BCUT2D eigenvalue weighted by molar-refractivity contribution is 7.87. The molecule has 2 rings (SSSR count). The van der Waals surface area contributed by atoms with Gasteiger partial charge >= 0.3 is 16.3 Å². The van der Waals surface area contributed by atoms with Gasteiger partial charge in [0, 0.05) is 5.56 Å². The predicted molar refractivity (Wildman–Crippen MR) is 72.3 cm³/mol. The first-order valence-corrected chi connectivity index (χ1v) is 7.48. The second kappa shape index (κ2) is 5.77. The number of rotatable bonds is 4. The Morgan fingerprint density at radius 2 is 1.48 bits per heavy atom. The highest BCUT2D eigenvalue weighted by Gasteiger charge is 2.36. The molecule has 0 amide bonds. The first kappa shape index (κ1) is 15.4. The molecule has 0 N–H and O–H groups in total. The van der Waals surface area contributed by atoms with Crippen LogP contribution in [0.1, 0.15) is 0 Å². The van der Waals surface area contributed by atoms with E-state index < -0.39 is 22.0 Å². The van der Waals surface area contributed by atoms with Crippen molar-refractivity contribution in [3.63, 3.8) is 0 Å². The molecule has 2 aromatic carbocycles. The van der Waals surface area contributed by atoms with Crippen molar-refractivity contribution in [2.24, 2.45) is 0 Å². The lowest BCUT2D eigenvalue weighted by atomic mass is 10.1. The van der Waals surface area contributed by atoms with E-state index in [4.69, 9.17) is 0 Å². The monoisotopic (exact) mass is 316 g/mol. The SMILES string of the molecule is O=S(=O)(CC(F)(F)F)Oc1ccccc1-c1ccccc1. The maximum Gasteiger partial charge on any atom is 0.406 e. The zero-order chi connectivity index (χ0) is 15.5. The largest absolute Gasteiger partial charge is 0.406 e. The molecule has 0 radical (unpaired) electrons. The third-order valence-corrected chi connectivity index (χ3v) is 3.64. The molecule has 3 nitrogen and oxygen atoms in total. The van der Waals surface area contributed by atoms with Gasteiger partial charge < -0.3 is 4.18 Å². The molecule has 0 fully saturated rings. The summed E-state index contributed by atoms with van der Waals surface area (Å²) in [5.41, 5.74) is 1.05. The zero-order valence-corrected chi connectivity index (χ0v) is 11.5. The maximum absolute atomic E-state index is 12.2. The van der Waals surface area contributed by atoms with Gasteiger partial charge in [-0.25, -0.2) is 0 Å². The molecule has 0 heterocycles. The van der Waals surface area contributed by atoms with Crippen LogP contribution in [0.15, 0.2) is 54.6 Å². The molecule has 0 aromatic heterocycles. The van der Waals surface area contributed by atoms with Crippen LogP contribution in [0.2, 0.25) is 0 Å². The van der Waals surface area contributed by atoms with E-state index in [1.807, 2.05) is 0 Å². The highest BCUT2D eigenvalue weighted by atomic mass is 32.2. The van der Waals surface area contributed by atoms with Crippen LogP contribution >= 0.6 is 0 Å². The molecule has 0 saturated heterocycles. The van der Waals surface area contributed by atoms with Crippen molar-refractivity contribution in [2.75, 3.05) is 5.75 Å². The summed E-state index contributed by atoms with van der Waals surface area (Å²) < 4.78 is 64.2. The van der Waals surface area contributed by atoms with E-state index >= 15 is 0 Å². The van der Waals surface area contributed by atoms with E-state index in [0.717, 1.165) is 0 Å². The number of hydrogen-bond acceptors (Lipinski definition) is 3. The van der Waals surface area contributed by atoms with Gasteiger partial charge in [0.05, 0.1) is 0 Å². The van der Waals surface area contributed by atoms with Crippen LogP contribution in [0.3, 0.4) is 0 Å². The van der Waals surface area contributed by atoms with Crippen LogP contribution in [0.4, 0.5) is 13.2 Å². The molecule has 0 unspecified atom stereocenters. The Morgan fingerprint density at radius 3 is 2.10 bits per heavy atom. The Kier molecular flexibility index (Phi) is 4.22. The van der Waals surface area contributed by atoms with Crippen LogP contribution in [-0.4, -0.2) is 20.3 Å². The molecule has 112 valence electrons. The molecule has 0 aliphatic rings. The molecule has 0 saturated carbocycles. The topological polar surface area (TPSA) is 43.4 Å². The summed E-state index contributed by atoms with van der Waals surface area (Å²) in [6.45, 7) is 0. The van der Waals surface area contributed by atoms with Crippen LogP contribution < -0.4 is 4.18 Å². The van der Waals surface area contributed by atoms with Crippen molar-refractivity contribution in [1.29, 1.82) is 0 Å². The van der Waals surface area contributed by atoms with E-state index in [1.54, 1.807) is 42.5 Å². The second-order valence-electron chi connectivity index (χ2n) is 4.26. The molecule has 21 heavy (non-hydrogen) atoms. The quantitative estimate of drug-likeness (QED) is 0.809. The molecule has 0 atom stereocenters. The summed E-state index contributed by atoms with van der Waals surface area (Å²) >= 11 is 0. The lowest BCUT2D eigenvalue weighted by Crippen LogP contribution is -2.26. The van der Waals surface area contributed by atoms with Gasteiger partial charge in [0.1, 0.15) is 5.75 Å². The minimum atomic E-state index is -4.85. The summed E-state index contributed by atoms with van der Waals surface area (Å²) in [4.78, 5) is 0. The molecule has 0 aliphatic carbocycles. The molecule has 0 aliphatic heterocycles. The first-order chi connectivity index (χ1) is 9.77. The van der Waals surface area contributed by atoms with Gasteiger partial charge in [0.25, 0.3) is 0 Å². The summed E-state index contributed by atoms with van der Waals surface area (Å²) in [5, 5.41) is 0. The molecule has 2 aromatic rings. The average molecular weight is 316 g/mol. The minimum Gasteiger partial charge on any atom is -0.382 e. The van der Waals surface area contributed by atoms with Crippen molar-refractivity contribution in [3.05, 3.63) is 54.6 Å². The molecular weight excluding hydrogens is 305 g/mol. The Bertz CT molecular complexity index is 710. The van der Waals surface area contributed by atoms with E-state index in [9.17, 15) is 21.6 Å². The Hall–Kier alpha value is -2.02. The summed E-state index contributed by atoms with van der Waals surface area (Å²) in [5.74, 6) is -2.16. The molecule has 0 bridgehead atoms. The summed E-state index contributed by atoms with van der Waals surface area (Å²) in [6, 6.07) is 14.7. The van der Waals surface area contributed by atoms with Crippen molar-refractivity contribution in [1.82, 2.24) is 0 Å². The van der Waals surface area contributed by atoms with Gasteiger partial charge in [-0.2, -0.15) is 21.6 Å². The van der Waals surface area contributed by atoms with Gasteiger partial charge in [0.2, 0.25) is 0 Å². The molecule has 0 spiro atoms. The Labute approximate surface area is 120 Å². The number of hydrogen-bond donors (Lipinski definition) is 0. The van der Waals surface area contributed by atoms with Crippen LogP contribution in [0.5, 0.6) is 5.75 Å². The van der Waals surface area contributed by atoms with Crippen molar-refractivity contribution < 1.29 is 25.8 Å². The fraction of sp³-hybridized carbons (Fsp3) is 0.143. The third-order valence-electron chi connectivity index (χ3n) is 2.53. The van der Waals surface area contributed by atoms with Gasteiger partial charge in [-0.15, -0.1) is 0 Å². The van der Waals surface area contributed by atoms with E-state index in [1.165, 1.54) is 12.1 Å². The van der Waals surface area contributed by atoms with Gasteiger partial charge in [-0.1, -0.05) is 48.5 Å². The third kappa shape index (κ3) is 4.49. The van der Waals surface area contributed by atoms with Gasteiger partial charge in [-0.3, -0.25) is 0 Å². The summed E-state index contributed by atoms with van der Waals surface area (Å²) in [7, 11) is -4.75. The number of alkyl halides is 3. The van der Waals surface area contributed by atoms with Crippen LogP contribution in [0, 0.1) is 0 Å². The molecular formula is C14H11F3O3S. The Morgan fingerprint density at radius 1 is 0.905 bits per heavy atom. The smallest absolute Gasteiger partial charge is 0.382 e. The summed E-state index contributed by atoms with van der Waals surface area (Å²) in [6.07, 6.45) is -4.85.